The van der Waals surface area contributed by atoms with Gasteiger partial charge in [0.1, 0.15) is 0 Å². The van der Waals surface area contributed by atoms with Crippen LogP contribution in [0.4, 0.5) is 0 Å². The predicted molar refractivity (Wildman–Crippen MR) is 118 cm³/mol. The van der Waals surface area contributed by atoms with Crippen molar-refractivity contribution in [1.29, 1.82) is 0 Å². The summed E-state index contributed by atoms with van der Waals surface area (Å²) in [7, 11) is 0. The van der Waals surface area contributed by atoms with E-state index in [1.54, 1.807) is 18.2 Å². The first-order valence-corrected chi connectivity index (χ1v) is 11.0. The first kappa shape index (κ1) is 21.2. The van der Waals surface area contributed by atoms with Gasteiger partial charge in [0, 0.05) is 13.2 Å². The van der Waals surface area contributed by atoms with Crippen molar-refractivity contribution in [3.05, 3.63) is 58.4 Å². The summed E-state index contributed by atoms with van der Waals surface area (Å²) in [6, 6.07) is 12.5. The largest absolute Gasteiger partial charge is 0.454 e. The monoisotopic (exact) mass is 441 g/mol. The van der Waals surface area contributed by atoms with Crippen LogP contribution in [0.5, 0.6) is 11.5 Å². The molecule has 1 aliphatic rings. The standard InChI is InChI=1S/C22H23N3O5S/c1-14(15-7-8-18-19(11-15)30-13-29-18)23-20(27)12-31-22-24-17-6-3-2-5-16(17)21(28)25(22)9-4-10-26/h2-3,5-8,11,14,26H,4,9-10,12-13H2,1H3,(H,23,27). The maximum atomic E-state index is 12.9. The minimum atomic E-state index is -0.219. The number of aliphatic hydroxyl groups excluding tert-OH is 1. The molecule has 0 spiro atoms. The summed E-state index contributed by atoms with van der Waals surface area (Å²) in [5.41, 5.74) is 1.33. The van der Waals surface area contributed by atoms with E-state index in [2.05, 4.69) is 10.3 Å². The van der Waals surface area contributed by atoms with Gasteiger partial charge in [-0.15, -0.1) is 0 Å². The molecule has 4 rings (SSSR count). The number of carbonyl (C=O) groups is 1. The number of aromatic nitrogens is 2. The zero-order chi connectivity index (χ0) is 21.8. The fourth-order valence-corrected chi connectivity index (χ4v) is 4.20. The number of benzene rings is 2. The summed E-state index contributed by atoms with van der Waals surface area (Å²) in [5.74, 6) is 1.30. The number of nitrogens with one attached hydrogen (secondary N) is 1. The Kier molecular flexibility index (Phi) is 6.43. The lowest BCUT2D eigenvalue weighted by molar-refractivity contribution is -0.119. The van der Waals surface area contributed by atoms with Crippen LogP contribution in [0.15, 0.2) is 52.4 Å². The minimum Gasteiger partial charge on any atom is -0.454 e. The predicted octanol–water partition coefficient (Wildman–Crippen LogP) is 2.48. The van der Waals surface area contributed by atoms with Crippen molar-refractivity contribution >= 4 is 28.6 Å². The van der Waals surface area contributed by atoms with Crippen LogP contribution in [-0.4, -0.2) is 39.7 Å². The molecule has 0 bridgehead atoms. The lowest BCUT2D eigenvalue weighted by Gasteiger charge is -2.16. The van der Waals surface area contributed by atoms with Crippen LogP contribution in [-0.2, 0) is 11.3 Å². The molecule has 2 aromatic carbocycles. The molecule has 1 atom stereocenters. The Morgan fingerprint density at radius 1 is 1.26 bits per heavy atom. The highest BCUT2D eigenvalue weighted by molar-refractivity contribution is 7.99. The van der Waals surface area contributed by atoms with E-state index in [4.69, 9.17) is 9.47 Å². The third-order valence-corrected chi connectivity index (χ3v) is 5.95. The molecule has 1 unspecified atom stereocenters. The first-order valence-electron chi connectivity index (χ1n) is 9.99. The van der Waals surface area contributed by atoms with E-state index in [1.165, 1.54) is 16.3 Å². The summed E-state index contributed by atoms with van der Waals surface area (Å²) in [4.78, 5) is 30.0. The Bertz CT molecular complexity index is 1160. The number of thioether (sulfide) groups is 1. The van der Waals surface area contributed by atoms with Crippen molar-refractivity contribution in [2.45, 2.75) is 31.1 Å². The second-order valence-corrected chi connectivity index (χ2v) is 8.08. The molecule has 0 radical (unpaired) electrons. The Balaban J connectivity index is 1.46. The van der Waals surface area contributed by atoms with Gasteiger partial charge in [-0.1, -0.05) is 30.0 Å². The van der Waals surface area contributed by atoms with Crippen LogP contribution in [0, 0.1) is 0 Å². The Morgan fingerprint density at radius 2 is 2.06 bits per heavy atom. The van der Waals surface area contributed by atoms with Crippen molar-refractivity contribution in [3.8, 4) is 11.5 Å². The molecule has 0 fully saturated rings. The lowest BCUT2D eigenvalue weighted by Crippen LogP contribution is -2.29. The van der Waals surface area contributed by atoms with Gasteiger partial charge in [0.25, 0.3) is 5.56 Å². The Hall–Kier alpha value is -3.04. The highest BCUT2D eigenvalue weighted by atomic mass is 32.2. The second-order valence-electron chi connectivity index (χ2n) is 7.14. The van der Waals surface area contributed by atoms with E-state index in [9.17, 15) is 14.7 Å². The van der Waals surface area contributed by atoms with Crippen molar-refractivity contribution in [2.75, 3.05) is 19.2 Å². The molecule has 31 heavy (non-hydrogen) atoms. The normalized spacial score (nSPS) is 13.4. The molecule has 162 valence electrons. The van der Waals surface area contributed by atoms with Crippen LogP contribution in [0.3, 0.4) is 0 Å². The maximum Gasteiger partial charge on any atom is 0.262 e. The number of carbonyl (C=O) groups excluding carboxylic acids is 1. The molecule has 1 amide bonds. The number of fused-ring (bicyclic) bond motifs is 2. The SMILES string of the molecule is CC(NC(=O)CSc1nc2ccccc2c(=O)n1CCCO)c1ccc2c(c1)OCO2. The summed E-state index contributed by atoms with van der Waals surface area (Å²) in [5, 5.41) is 13.1. The fourth-order valence-electron chi connectivity index (χ4n) is 3.36. The summed E-state index contributed by atoms with van der Waals surface area (Å²) in [6.45, 7) is 2.40. The van der Waals surface area contributed by atoms with E-state index in [0.717, 1.165) is 5.56 Å². The summed E-state index contributed by atoms with van der Waals surface area (Å²) < 4.78 is 12.2. The van der Waals surface area contributed by atoms with Crippen molar-refractivity contribution < 1.29 is 19.4 Å². The molecule has 1 aliphatic heterocycles. The number of para-hydroxylation sites is 1. The number of hydrogen-bond donors (Lipinski definition) is 2. The second kappa shape index (κ2) is 9.40. The quantitative estimate of drug-likeness (QED) is 0.409. The topological polar surface area (TPSA) is 103 Å². The van der Waals surface area contributed by atoms with Gasteiger partial charge in [0.2, 0.25) is 12.7 Å². The molecular weight excluding hydrogens is 418 g/mol. The van der Waals surface area contributed by atoms with Crippen LogP contribution >= 0.6 is 11.8 Å². The summed E-state index contributed by atoms with van der Waals surface area (Å²) in [6.07, 6.45) is 0.431. The van der Waals surface area contributed by atoms with Crippen molar-refractivity contribution in [1.82, 2.24) is 14.9 Å². The molecule has 8 nitrogen and oxygen atoms in total. The van der Waals surface area contributed by atoms with Crippen LogP contribution in [0.1, 0.15) is 24.9 Å². The average Bonchev–Trinajstić information content (AvgIpc) is 3.25. The van der Waals surface area contributed by atoms with Crippen LogP contribution in [0.25, 0.3) is 10.9 Å². The smallest absolute Gasteiger partial charge is 0.262 e. The molecule has 0 saturated carbocycles. The Morgan fingerprint density at radius 3 is 2.90 bits per heavy atom. The van der Waals surface area contributed by atoms with Crippen molar-refractivity contribution in [2.24, 2.45) is 0 Å². The third kappa shape index (κ3) is 4.67. The number of nitrogens with zero attached hydrogens (tertiary/aromatic N) is 2. The number of ether oxygens (including phenoxy) is 2. The van der Waals surface area contributed by atoms with Crippen LogP contribution < -0.4 is 20.3 Å². The number of aliphatic hydroxyl groups is 1. The molecule has 9 heteroatoms. The number of amides is 1. The van der Waals surface area contributed by atoms with E-state index >= 15 is 0 Å². The van der Waals surface area contributed by atoms with Gasteiger partial charge in [-0.05, 0) is 43.2 Å². The molecule has 1 aromatic heterocycles. The number of hydrogen-bond acceptors (Lipinski definition) is 7. The average molecular weight is 442 g/mol. The van der Waals surface area contributed by atoms with Crippen LogP contribution in [0.2, 0.25) is 0 Å². The lowest BCUT2D eigenvalue weighted by atomic mass is 10.1. The third-order valence-electron chi connectivity index (χ3n) is 4.97. The van der Waals surface area contributed by atoms with Gasteiger partial charge >= 0.3 is 0 Å². The van der Waals surface area contributed by atoms with Gasteiger partial charge in [-0.25, -0.2) is 4.98 Å². The van der Waals surface area contributed by atoms with Crippen molar-refractivity contribution in [3.63, 3.8) is 0 Å². The Labute approximate surface area is 183 Å². The number of rotatable bonds is 8. The maximum absolute atomic E-state index is 12.9. The molecule has 0 aliphatic carbocycles. The minimum absolute atomic E-state index is 0.0308. The highest BCUT2D eigenvalue weighted by Gasteiger charge is 2.18. The van der Waals surface area contributed by atoms with Gasteiger partial charge in [0.15, 0.2) is 16.7 Å². The molecule has 0 saturated heterocycles. The van der Waals surface area contributed by atoms with E-state index < -0.39 is 0 Å². The van der Waals surface area contributed by atoms with E-state index in [1.807, 2.05) is 31.2 Å². The fraction of sp³-hybridized carbons (Fsp3) is 0.318. The first-order chi connectivity index (χ1) is 15.1. The van der Waals surface area contributed by atoms with E-state index in [-0.39, 0.29) is 36.7 Å². The van der Waals surface area contributed by atoms with E-state index in [0.29, 0.717) is 40.5 Å². The zero-order valence-electron chi connectivity index (χ0n) is 17.0. The van der Waals surface area contributed by atoms with Gasteiger partial charge < -0.3 is 19.9 Å². The zero-order valence-corrected chi connectivity index (χ0v) is 17.9. The summed E-state index contributed by atoms with van der Waals surface area (Å²) >= 11 is 1.21. The van der Waals surface area contributed by atoms with Gasteiger partial charge in [0.05, 0.1) is 22.7 Å². The van der Waals surface area contributed by atoms with Gasteiger partial charge in [-0.3, -0.25) is 14.2 Å². The molecule has 2 heterocycles. The highest BCUT2D eigenvalue weighted by Crippen LogP contribution is 2.34. The van der Waals surface area contributed by atoms with Gasteiger partial charge in [-0.2, -0.15) is 0 Å². The molecule has 3 aromatic rings. The molecule has 2 N–H and O–H groups in total. The molecular formula is C22H23N3O5S.